The first-order valence-electron chi connectivity index (χ1n) is 8.81. The molecule has 0 saturated carbocycles. The highest BCUT2D eigenvalue weighted by Crippen LogP contribution is 2.15. The van der Waals surface area contributed by atoms with E-state index in [4.69, 9.17) is 5.11 Å². The Morgan fingerprint density at radius 2 is 1.88 bits per heavy atom. The SMILES string of the molecule is Cc1ccccc1Cc1c(C)nc(N2CCN(CCO)CC2)[nH]c1=O. The number of piperazine rings is 1. The number of H-pyrrole nitrogens is 1. The van der Waals surface area contributed by atoms with E-state index >= 15 is 0 Å². The highest BCUT2D eigenvalue weighted by molar-refractivity contribution is 5.37. The Labute approximate surface area is 148 Å². The van der Waals surface area contributed by atoms with Crippen molar-refractivity contribution >= 4 is 5.95 Å². The van der Waals surface area contributed by atoms with Crippen molar-refractivity contribution in [2.45, 2.75) is 20.3 Å². The summed E-state index contributed by atoms with van der Waals surface area (Å²) >= 11 is 0. The van der Waals surface area contributed by atoms with Gasteiger partial charge in [-0.25, -0.2) is 4.98 Å². The van der Waals surface area contributed by atoms with E-state index in [2.05, 4.69) is 38.8 Å². The second-order valence-corrected chi connectivity index (χ2v) is 6.61. The lowest BCUT2D eigenvalue weighted by atomic mass is 10.0. The van der Waals surface area contributed by atoms with Gasteiger partial charge in [0.05, 0.1) is 12.3 Å². The number of aliphatic hydroxyl groups excluding tert-OH is 1. The largest absolute Gasteiger partial charge is 0.395 e. The minimum absolute atomic E-state index is 0.0523. The van der Waals surface area contributed by atoms with Crippen molar-refractivity contribution in [2.75, 3.05) is 44.2 Å². The maximum absolute atomic E-state index is 12.6. The van der Waals surface area contributed by atoms with Crippen LogP contribution in [0.1, 0.15) is 22.4 Å². The predicted molar refractivity (Wildman–Crippen MR) is 99.3 cm³/mol. The molecule has 1 saturated heterocycles. The number of anilines is 1. The molecule has 0 unspecified atom stereocenters. The summed E-state index contributed by atoms with van der Waals surface area (Å²) in [6.07, 6.45) is 0.603. The van der Waals surface area contributed by atoms with Crippen LogP contribution in [0.4, 0.5) is 5.95 Å². The first kappa shape index (κ1) is 17.6. The Bertz CT molecular complexity index is 779. The molecule has 0 atom stereocenters. The lowest BCUT2D eigenvalue weighted by Crippen LogP contribution is -2.48. The van der Waals surface area contributed by atoms with Crippen molar-refractivity contribution in [3.05, 3.63) is 57.0 Å². The van der Waals surface area contributed by atoms with Crippen LogP contribution >= 0.6 is 0 Å². The predicted octanol–water partition coefficient (Wildman–Crippen LogP) is 1.09. The third kappa shape index (κ3) is 4.08. The number of β-amino-alcohol motifs (C(OH)–C–C–N with tert-alkyl or cyclic N) is 1. The Balaban J connectivity index is 1.77. The normalized spacial score (nSPS) is 15.6. The molecule has 1 aromatic heterocycles. The summed E-state index contributed by atoms with van der Waals surface area (Å²) in [7, 11) is 0. The molecule has 0 spiro atoms. The third-order valence-corrected chi connectivity index (χ3v) is 4.93. The number of aromatic nitrogens is 2. The van der Waals surface area contributed by atoms with Crippen molar-refractivity contribution < 1.29 is 5.11 Å². The minimum Gasteiger partial charge on any atom is -0.395 e. The van der Waals surface area contributed by atoms with Crippen LogP contribution in [0.3, 0.4) is 0 Å². The second kappa shape index (κ2) is 7.80. The van der Waals surface area contributed by atoms with E-state index in [9.17, 15) is 4.79 Å². The first-order valence-corrected chi connectivity index (χ1v) is 8.81. The summed E-state index contributed by atoms with van der Waals surface area (Å²) in [6.45, 7) is 8.20. The number of benzene rings is 1. The molecule has 1 fully saturated rings. The molecule has 1 aromatic carbocycles. The number of nitrogens with one attached hydrogen (secondary N) is 1. The maximum Gasteiger partial charge on any atom is 0.256 e. The van der Waals surface area contributed by atoms with Gasteiger partial charge < -0.3 is 10.0 Å². The summed E-state index contributed by atoms with van der Waals surface area (Å²) < 4.78 is 0. The average Bonchev–Trinajstić information content (AvgIpc) is 2.60. The molecule has 2 N–H and O–H groups in total. The van der Waals surface area contributed by atoms with Crippen LogP contribution in [0, 0.1) is 13.8 Å². The monoisotopic (exact) mass is 342 g/mol. The van der Waals surface area contributed by atoms with E-state index in [1.807, 2.05) is 19.1 Å². The molecule has 2 aromatic rings. The highest BCUT2D eigenvalue weighted by atomic mass is 16.3. The van der Waals surface area contributed by atoms with Gasteiger partial charge >= 0.3 is 0 Å². The Hall–Kier alpha value is -2.18. The van der Waals surface area contributed by atoms with Gasteiger partial charge in [0, 0.05) is 44.7 Å². The summed E-state index contributed by atoms with van der Waals surface area (Å²) in [4.78, 5) is 24.6. The molecule has 3 rings (SSSR count). The minimum atomic E-state index is -0.0523. The van der Waals surface area contributed by atoms with Gasteiger partial charge in [-0.1, -0.05) is 24.3 Å². The van der Waals surface area contributed by atoms with Gasteiger partial charge in [-0.15, -0.1) is 0 Å². The van der Waals surface area contributed by atoms with E-state index in [1.165, 1.54) is 5.56 Å². The highest BCUT2D eigenvalue weighted by Gasteiger charge is 2.19. The van der Waals surface area contributed by atoms with E-state index in [-0.39, 0.29) is 12.2 Å². The fraction of sp³-hybridized carbons (Fsp3) is 0.474. The maximum atomic E-state index is 12.6. The van der Waals surface area contributed by atoms with Gasteiger partial charge in [0.1, 0.15) is 0 Å². The van der Waals surface area contributed by atoms with E-state index in [1.54, 1.807) is 0 Å². The number of rotatable bonds is 5. The molecule has 25 heavy (non-hydrogen) atoms. The van der Waals surface area contributed by atoms with Crippen molar-refractivity contribution in [2.24, 2.45) is 0 Å². The van der Waals surface area contributed by atoms with Crippen LogP contribution in [0.25, 0.3) is 0 Å². The lowest BCUT2D eigenvalue weighted by Gasteiger charge is -2.34. The molecule has 1 aliphatic rings. The van der Waals surface area contributed by atoms with Gasteiger partial charge in [0.15, 0.2) is 0 Å². The number of nitrogens with zero attached hydrogens (tertiary/aromatic N) is 3. The zero-order valence-electron chi connectivity index (χ0n) is 15.0. The topological polar surface area (TPSA) is 72.5 Å². The van der Waals surface area contributed by atoms with Crippen LogP contribution in [-0.4, -0.2) is 59.3 Å². The Kier molecular flexibility index (Phi) is 5.50. The van der Waals surface area contributed by atoms with Gasteiger partial charge in [-0.05, 0) is 25.0 Å². The molecule has 134 valence electrons. The fourth-order valence-electron chi connectivity index (χ4n) is 3.28. The van der Waals surface area contributed by atoms with Gasteiger partial charge in [0.25, 0.3) is 5.56 Å². The number of aromatic amines is 1. The van der Waals surface area contributed by atoms with Gasteiger partial charge in [-0.2, -0.15) is 0 Å². The average molecular weight is 342 g/mol. The van der Waals surface area contributed by atoms with Gasteiger partial charge in [0.2, 0.25) is 5.95 Å². The van der Waals surface area contributed by atoms with Crippen molar-refractivity contribution in [1.82, 2.24) is 14.9 Å². The first-order chi connectivity index (χ1) is 12.1. The summed E-state index contributed by atoms with van der Waals surface area (Å²) in [6, 6.07) is 8.13. The summed E-state index contributed by atoms with van der Waals surface area (Å²) in [5, 5.41) is 9.03. The molecular weight excluding hydrogens is 316 g/mol. The molecule has 6 heteroatoms. The van der Waals surface area contributed by atoms with Gasteiger partial charge in [-0.3, -0.25) is 14.7 Å². The van der Waals surface area contributed by atoms with Crippen LogP contribution in [-0.2, 0) is 6.42 Å². The van der Waals surface area contributed by atoms with Crippen molar-refractivity contribution in [3.8, 4) is 0 Å². The van der Waals surface area contributed by atoms with Crippen LogP contribution in [0.15, 0.2) is 29.1 Å². The molecule has 1 aliphatic heterocycles. The zero-order chi connectivity index (χ0) is 17.8. The number of aryl methyl sites for hydroxylation is 2. The van der Waals surface area contributed by atoms with Crippen molar-refractivity contribution in [1.29, 1.82) is 0 Å². The molecule has 2 heterocycles. The lowest BCUT2D eigenvalue weighted by molar-refractivity contribution is 0.188. The standard InChI is InChI=1S/C19H26N4O2/c1-14-5-3-4-6-16(14)13-17-15(2)20-19(21-18(17)25)23-9-7-22(8-10-23)11-12-24/h3-6,24H,7-13H2,1-2H3,(H,20,21,25). The van der Waals surface area contributed by atoms with E-state index in [0.29, 0.717) is 18.9 Å². The number of aliphatic hydroxyl groups is 1. The van der Waals surface area contributed by atoms with Crippen LogP contribution < -0.4 is 10.5 Å². The Morgan fingerprint density at radius 3 is 2.52 bits per heavy atom. The number of hydrogen-bond donors (Lipinski definition) is 2. The van der Waals surface area contributed by atoms with Crippen molar-refractivity contribution in [3.63, 3.8) is 0 Å². The van der Waals surface area contributed by atoms with Crippen LogP contribution in [0.5, 0.6) is 0 Å². The van der Waals surface area contributed by atoms with Crippen LogP contribution in [0.2, 0.25) is 0 Å². The quantitative estimate of drug-likeness (QED) is 0.851. The zero-order valence-corrected chi connectivity index (χ0v) is 15.0. The number of hydrogen-bond acceptors (Lipinski definition) is 5. The summed E-state index contributed by atoms with van der Waals surface area (Å²) in [5.41, 5.74) is 3.81. The third-order valence-electron chi connectivity index (χ3n) is 4.93. The fourth-order valence-corrected chi connectivity index (χ4v) is 3.28. The molecule has 0 radical (unpaired) electrons. The van der Waals surface area contributed by atoms with E-state index < -0.39 is 0 Å². The summed E-state index contributed by atoms with van der Waals surface area (Å²) in [5.74, 6) is 0.652. The Morgan fingerprint density at radius 1 is 1.16 bits per heavy atom. The second-order valence-electron chi connectivity index (χ2n) is 6.61. The molecule has 6 nitrogen and oxygen atoms in total. The molecule has 0 aliphatic carbocycles. The van der Waals surface area contributed by atoms with E-state index in [0.717, 1.165) is 43.0 Å². The molecule has 0 amide bonds. The molecule has 0 bridgehead atoms. The molecular formula is C19H26N4O2. The smallest absolute Gasteiger partial charge is 0.256 e.